The molecule has 0 aliphatic heterocycles. The molecule has 0 amide bonds. The minimum absolute atomic E-state index is 0. The van der Waals surface area contributed by atoms with Crippen LogP contribution in [0.5, 0.6) is 0 Å². The number of benzene rings is 8. The number of pyridine rings is 2. The first-order valence-corrected chi connectivity index (χ1v) is 25.0. The molecular formula is C68H57IrN5-2. The quantitative estimate of drug-likeness (QED) is 0.149. The summed E-state index contributed by atoms with van der Waals surface area (Å²) in [5.41, 5.74) is 16.4. The molecule has 6 heteroatoms. The van der Waals surface area contributed by atoms with Gasteiger partial charge in [-0.3, -0.25) is 0 Å². The molecule has 1 radical (unpaired) electrons. The second-order valence-corrected chi connectivity index (χ2v) is 20.1. The van der Waals surface area contributed by atoms with E-state index in [1.807, 2.05) is 79.0 Å². The van der Waals surface area contributed by atoms with Crippen molar-refractivity contribution in [1.29, 1.82) is 5.26 Å². The summed E-state index contributed by atoms with van der Waals surface area (Å²) in [5.74, 6) is 0. The summed E-state index contributed by atoms with van der Waals surface area (Å²) in [6.07, 6.45) is 4.73. The van der Waals surface area contributed by atoms with E-state index in [-0.39, 0.29) is 30.9 Å². The van der Waals surface area contributed by atoms with Gasteiger partial charge in [-0.25, -0.2) is 0 Å². The summed E-state index contributed by atoms with van der Waals surface area (Å²) in [5, 5.41) is 15.0. The van der Waals surface area contributed by atoms with E-state index in [1.54, 1.807) is 6.20 Å². The van der Waals surface area contributed by atoms with Crippen molar-refractivity contribution < 1.29 is 20.1 Å². The van der Waals surface area contributed by atoms with Gasteiger partial charge in [-0.1, -0.05) is 145 Å². The first kappa shape index (κ1) is 50.7. The van der Waals surface area contributed by atoms with Gasteiger partial charge in [0.2, 0.25) is 0 Å². The maximum absolute atomic E-state index is 10.1. The van der Waals surface area contributed by atoms with Crippen LogP contribution in [0.4, 0.5) is 0 Å². The number of para-hydroxylation sites is 3. The zero-order chi connectivity index (χ0) is 50.5. The summed E-state index contributed by atoms with van der Waals surface area (Å²) in [7, 11) is 0. The molecule has 0 aliphatic rings. The fourth-order valence-electron chi connectivity index (χ4n) is 9.52. The Morgan fingerprint density at radius 1 is 0.473 bits per heavy atom. The van der Waals surface area contributed by atoms with Gasteiger partial charge in [0, 0.05) is 65.4 Å². The molecule has 365 valence electrons. The first-order chi connectivity index (χ1) is 35.5. The number of hydrogen-bond donors (Lipinski definition) is 0. The van der Waals surface area contributed by atoms with Gasteiger partial charge in [0.15, 0.2) is 0 Å². The summed E-state index contributed by atoms with van der Waals surface area (Å²) < 4.78 is 4.64. The van der Waals surface area contributed by atoms with Gasteiger partial charge in [-0.05, 0) is 112 Å². The standard InChI is InChI=1S/C41H31N3.C16H18N.C11H8N.Ir/c1-41(2,3)30-19-20-40-36(25-30)35-15-6-9-18-39(35)43(40)31-12-10-11-28(23-31)29-21-27(26-42)22-32(24-29)44-37-16-7-4-13-33(37)34-14-5-8-17-38(34)44;1-4-16(2,3)14-10-8-13(9-11-14)15-7-5-6-12-17-15;1-2-6-10(7-3-1)11-8-4-5-9-12-11;/h4-25H,1-3H3;5-8,10-12H,4H2,1-3H3;1-6,8-9H;/q;2*-1;. The van der Waals surface area contributed by atoms with E-state index in [0.29, 0.717) is 5.56 Å². The number of nitrogens with zero attached hydrogens (tertiary/aromatic N) is 5. The summed E-state index contributed by atoms with van der Waals surface area (Å²) in [6.45, 7) is 13.5. The van der Waals surface area contributed by atoms with E-state index in [0.717, 1.165) is 62.5 Å². The minimum atomic E-state index is 0. The van der Waals surface area contributed by atoms with Crippen LogP contribution in [0.15, 0.2) is 225 Å². The molecule has 0 aliphatic carbocycles. The van der Waals surface area contributed by atoms with Crippen molar-refractivity contribution in [1.82, 2.24) is 19.1 Å². The average molecular weight is 1140 g/mol. The van der Waals surface area contributed by atoms with Crippen LogP contribution in [0.3, 0.4) is 0 Å². The number of rotatable bonds is 7. The molecule has 0 atom stereocenters. The van der Waals surface area contributed by atoms with Gasteiger partial charge in [0.1, 0.15) is 0 Å². The molecule has 0 saturated heterocycles. The molecule has 0 unspecified atom stereocenters. The van der Waals surface area contributed by atoms with Crippen LogP contribution >= 0.6 is 0 Å². The van der Waals surface area contributed by atoms with Crippen LogP contribution in [0, 0.1) is 23.5 Å². The molecule has 5 nitrogen and oxygen atoms in total. The Balaban J connectivity index is 0.000000182. The summed E-state index contributed by atoms with van der Waals surface area (Å²) in [4.78, 5) is 8.55. The number of fused-ring (bicyclic) bond motifs is 6. The molecule has 0 saturated carbocycles. The second-order valence-electron chi connectivity index (χ2n) is 20.1. The van der Waals surface area contributed by atoms with Gasteiger partial charge < -0.3 is 19.1 Å². The van der Waals surface area contributed by atoms with Crippen molar-refractivity contribution in [3.8, 4) is 51.1 Å². The second kappa shape index (κ2) is 21.9. The van der Waals surface area contributed by atoms with Gasteiger partial charge in [0.05, 0.1) is 33.7 Å². The fraction of sp³-hybridized carbons (Fsp3) is 0.132. The van der Waals surface area contributed by atoms with Gasteiger partial charge in [-0.2, -0.15) is 5.26 Å². The number of hydrogen-bond acceptors (Lipinski definition) is 3. The first-order valence-electron chi connectivity index (χ1n) is 25.0. The topological polar surface area (TPSA) is 59.4 Å². The molecule has 0 bridgehead atoms. The van der Waals surface area contributed by atoms with Crippen LogP contribution in [-0.4, -0.2) is 19.1 Å². The van der Waals surface area contributed by atoms with Crippen LogP contribution in [0.1, 0.15) is 64.7 Å². The average Bonchev–Trinajstić information content (AvgIpc) is 3.96. The molecule has 74 heavy (non-hydrogen) atoms. The predicted octanol–water partition coefficient (Wildman–Crippen LogP) is 17.5. The van der Waals surface area contributed by atoms with E-state index in [1.165, 1.54) is 43.7 Å². The van der Waals surface area contributed by atoms with E-state index in [4.69, 9.17) is 0 Å². The Labute approximate surface area is 448 Å². The number of nitriles is 1. The van der Waals surface area contributed by atoms with Gasteiger partial charge >= 0.3 is 0 Å². The minimum Gasteiger partial charge on any atom is -0.309 e. The molecule has 0 N–H and O–H groups in total. The van der Waals surface area contributed by atoms with E-state index < -0.39 is 0 Å². The monoisotopic (exact) mass is 1140 g/mol. The van der Waals surface area contributed by atoms with E-state index >= 15 is 0 Å². The van der Waals surface area contributed by atoms with Crippen molar-refractivity contribution in [2.45, 2.75) is 58.8 Å². The van der Waals surface area contributed by atoms with Crippen molar-refractivity contribution >= 4 is 43.6 Å². The molecule has 0 fully saturated rings. The van der Waals surface area contributed by atoms with Crippen LogP contribution in [-0.2, 0) is 30.9 Å². The SMILES string of the molecule is CC(C)(C)c1ccc2c(c1)c1ccccc1n2-c1cccc(-c2cc(C#N)cc(-n3c4ccccc4c4ccccc43)c2)c1.CCC(C)(C)c1c[c-]c(-c2ccccn2)cc1.[Ir].[c-]1ccccc1-c1ccccn1. The predicted molar refractivity (Wildman–Crippen MR) is 304 cm³/mol. The van der Waals surface area contributed by atoms with Crippen molar-refractivity contribution in [3.05, 3.63) is 254 Å². The molecule has 8 aromatic carbocycles. The maximum Gasteiger partial charge on any atom is 0.0992 e. The molecule has 12 rings (SSSR count). The zero-order valence-corrected chi connectivity index (χ0v) is 45.0. The molecule has 4 aromatic heterocycles. The molecule has 12 aromatic rings. The van der Waals surface area contributed by atoms with E-state index in [2.05, 4.69) is 218 Å². The van der Waals surface area contributed by atoms with Crippen LogP contribution in [0.25, 0.3) is 88.6 Å². The Hall–Kier alpha value is -8.20. The molecule has 4 heterocycles. The largest absolute Gasteiger partial charge is 0.309 e. The Morgan fingerprint density at radius 3 is 1.55 bits per heavy atom. The fourth-order valence-corrected chi connectivity index (χ4v) is 9.52. The maximum atomic E-state index is 10.1. The van der Waals surface area contributed by atoms with Crippen molar-refractivity contribution in [2.24, 2.45) is 0 Å². The summed E-state index contributed by atoms with van der Waals surface area (Å²) in [6, 6.07) is 82.3. The Kier molecular flexibility index (Phi) is 15.0. The Bertz CT molecular complexity index is 3810. The Morgan fingerprint density at radius 2 is 1.01 bits per heavy atom. The third-order valence-corrected chi connectivity index (χ3v) is 13.9. The molecular weight excluding hydrogens is 1080 g/mol. The van der Waals surface area contributed by atoms with Gasteiger partial charge in [0.25, 0.3) is 0 Å². The normalized spacial score (nSPS) is 11.3. The van der Waals surface area contributed by atoms with E-state index in [9.17, 15) is 5.26 Å². The van der Waals surface area contributed by atoms with Crippen LogP contribution in [0.2, 0.25) is 0 Å². The third-order valence-electron chi connectivity index (χ3n) is 13.9. The summed E-state index contributed by atoms with van der Waals surface area (Å²) >= 11 is 0. The van der Waals surface area contributed by atoms with Crippen molar-refractivity contribution in [2.75, 3.05) is 0 Å². The zero-order valence-electron chi connectivity index (χ0n) is 42.6. The smallest absolute Gasteiger partial charge is 0.0992 e. The third kappa shape index (κ3) is 10.5. The molecule has 0 spiro atoms. The van der Waals surface area contributed by atoms with Crippen LogP contribution < -0.4 is 0 Å². The van der Waals surface area contributed by atoms with Gasteiger partial charge in [-0.15, -0.1) is 71.3 Å². The number of aromatic nitrogens is 4. The van der Waals surface area contributed by atoms with Crippen molar-refractivity contribution in [3.63, 3.8) is 0 Å².